The first kappa shape index (κ1) is 27.4. The molecule has 2 atom stereocenters. The summed E-state index contributed by atoms with van der Waals surface area (Å²) in [6, 6.07) is 7.90. The zero-order chi connectivity index (χ0) is 27.3. The second-order valence-electron chi connectivity index (χ2n) is 12.4. The quantitative estimate of drug-likeness (QED) is 0.493. The zero-order valence-electron chi connectivity index (χ0n) is 23.1. The van der Waals surface area contributed by atoms with E-state index in [4.69, 9.17) is 9.31 Å². The molecule has 4 rings (SSSR count). The third kappa shape index (κ3) is 5.49. The Hall–Kier alpha value is -2.63. The highest BCUT2D eigenvalue weighted by Crippen LogP contribution is 2.38. The molecule has 1 aromatic carbocycles. The van der Waals surface area contributed by atoms with Crippen molar-refractivity contribution in [2.24, 2.45) is 5.92 Å². The summed E-state index contributed by atoms with van der Waals surface area (Å²) < 4.78 is 12.3. The lowest BCUT2D eigenvalue weighted by Crippen LogP contribution is -2.51. The van der Waals surface area contributed by atoms with Gasteiger partial charge in [0.15, 0.2) is 0 Å². The van der Waals surface area contributed by atoms with E-state index in [0.717, 1.165) is 28.6 Å². The largest absolute Gasteiger partial charge is 0.494 e. The summed E-state index contributed by atoms with van der Waals surface area (Å²) in [7, 11) is -2.13. The number of benzene rings is 1. The molecule has 2 aliphatic rings. The van der Waals surface area contributed by atoms with Crippen molar-refractivity contribution in [1.29, 1.82) is 0 Å². The minimum atomic E-state index is -1.71. The number of nitrogens with zero attached hydrogens (tertiary/aromatic N) is 2. The number of carboxylic acid groups (broad SMARTS) is 1. The van der Waals surface area contributed by atoms with Gasteiger partial charge in [0, 0.05) is 6.17 Å². The Balaban J connectivity index is 1.54. The van der Waals surface area contributed by atoms with Gasteiger partial charge in [0.2, 0.25) is 5.91 Å². The molecule has 3 N–H and O–H groups in total. The summed E-state index contributed by atoms with van der Waals surface area (Å²) in [6.07, 6.45) is 1.27. The molecule has 9 nitrogen and oxygen atoms in total. The molecule has 2 aliphatic heterocycles. The van der Waals surface area contributed by atoms with Crippen molar-refractivity contribution in [3.8, 4) is 11.3 Å². The molecule has 2 fully saturated rings. The molecule has 2 aromatic rings. The molecule has 37 heavy (non-hydrogen) atoms. The van der Waals surface area contributed by atoms with Crippen LogP contribution >= 0.6 is 0 Å². The van der Waals surface area contributed by atoms with E-state index in [0.29, 0.717) is 6.17 Å². The topological polar surface area (TPSA) is 117 Å². The van der Waals surface area contributed by atoms with Gasteiger partial charge in [-0.1, -0.05) is 51.2 Å². The highest BCUT2D eigenvalue weighted by atomic mass is 28.3. The van der Waals surface area contributed by atoms with Gasteiger partial charge in [-0.15, -0.1) is 0 Å². The number of H-pyrrole nitrogens is 1. The van der Waals surface area contributed by atoms with Crippen LogP contribution in [-0.4, -0.2) is 70.6 Å². The van der Waals surface area contributed by atoms with Gasteiger partial charge < -0.3 is 29.6 Å². The molecule has 200 valence electrons. The highest BCUT2D eigenvalue weighted by Gasteiger charge is 2.51. The van der Waals surface area contributed by atoms with Gasteiger partial charge in [-0.3, -0.25) is 4.79 Å². The summed E-state index contributed by atoms with van der Waals surface area (Å²) in [6.45, 7) is 16.4. The fraction of sp³-hybridized carbons (Fsp3) is 0.577. The van der Waals surface area contributed by atoms with Crippen molar-refractivity contribution < 1.29 is 24.0 Å². The van der Waals surface area contributed by atoms with E-state index in [-0.39, 0.29) is 17.9 Å². The number of hydrogen-bond acceptors (Lipinski definition) is 5. The van der Waals surface area contributed by atoms with Crippen LogP contribution in [-0.2, 0) is 14.1 Å². The van der Waals surface area contributed by atoms with Crippen LogP contribution in [0.1, 0.15) is 53.4 Å². The van der Waals surface area contributed by atoms with Crippen molar-refractivity contribution in [2.45, 2.75) is 84.0 Å². The molecule has 0 radical (unpaired) electrons. The van der Waals surface area contributed by atoms with Crippen LogP contribution in [0.4, 0.5) is 4.79 Å². The van der Waals surface area contributed by atoms with Crippen molar-refractivity contribution in [2.75, 3.05) is 6.17 Å². The van der Waals surface area contributed by atoms with Crippen LogP contribution in [0.5, 0.6) is 0 Å². The Morgan fingerprint density at radius 2 is 1.76 bits per heavy atom. The number of carbonyl (C=O) groups excluding carboxylic acids is 1. The lowest BCUT2D eigenvalue weighted by atomic mass is 9.79. The summed E-state index contributed by atoms with van der Waals surface area (Å²) in [5, 5.41) is 11.7. The molecule has 2 saturated heterocycles. The minimum absolute atomic E-state index is 0.163. The van der Waals surface area contributed by atoms with E-state index in [1.807, 2.05) is 70.7 Å². The van der Waals surface area contributed by atoms with Crippen molar-refractivity contribution in [1.82, 2.24) is 20.2 Å². The van der Waals surface area contributed by atoms with E-state index < -0.39 is 38.5 Å². The molecule has 0 saturated carbocycles. The van der Waals surface area contributed by atoms with Crippen LogP contribution in [0.3, 0.4) is 0 Å². The summed E-state index contributed by atoms with van der Waals surface area (Å²) in [4.78, 5) is 34.7. The normalized spacial score (nSPS) is 22.9. The molecular formula is C26H39BN4O5Si. The number of rotatable bonds is 6. The van der Waals surface area contributed by atoms with Crippen LogP contribution in [0.25, 0.3) is 11.3 Å². The van der Waals surface area contributed by atoms with Crippen molar-refractivity contribution in [3.63, 3.8) is 0 Å². The second-order valence-corrected chi connectivity index (χ2v) is 17.5. The van der Waals surface area contributed by atoms with Gasteiger partial charge in [-0.05, 0) is 50.7 Å². The zero-order valence-corrected chi connectivity index (χ0v) is 24.1. The van der Waals surface area contributed by atoms with Gasteiger partial charge >= 0.3 is 13.2 Å². The van der Waals surface area contributed by atoms with Crippen LogP contribution in [0.15, 0.2) is 30.5 Å². The Morgan fingerprint density at radius 3 is 2.30 bits per heavy atom. The van der Waals surface area contributed by atoms with E-state index in [1.165, 1.54) is 0 Å². The van der Waals surface area contributed by atoms with E-state index in [1.54, 1.807) is 6.20 Å². The van der Waals surface area contributed by atoms with Crippen LogP contribution < -0.4 is 10.8 Å². The average Bonchev–Trinajstić information content (AvgIpc) is 3.45. The minimum Gasteiger partial charge on any atom is -0.465 e. The van der Waals surface area contributed by atoms with E-state index in [2.05, 4.69) is 28.4 Å². The van der Waals surface area contributed by atoms with Crippen LogP contribution in [0, 0.1) is 5.92 Å². The molecular weight excluding hydrogens is 487 g/mol. The number of aromatic nitrogens is 2. The standard InChI is InChI=1S/C26H39BN4O5Si/c1-16(2)21(30-24(33)34)23(32)31-15-37(7,8)14-20(31)22-28-13-19(29-22)17-9-11-18(12-10-17)27-35-25(3,4)26(5,6)36-27/h9-13,16,20-21,30H,14-15H2,1-8H3,(H,28,29)(H,33,34)/t20?,21-/m0/s1. The summed E-state index contributed by atoms with van der Waals surface area (Å²) >= 11 is 0. The first-order valence-electron chi connectivity index (χ1n) is 12.9. The number of imidazole rings is 1. The Morgan fingerprint density at radius 1 is 1.16 bits per heavy atom. The number of hydrogen-bond donors (Lipinski definition) is 3. The Labute approximate surface area is 220 Å². The predicted molar refractivity (Wildman–Crippen MR) is 146 cm³/mol. The maximum atomic E-state index is 13.5. The van der Waals surface area contributed by atoms with Gasteiger partial charge in [0.1, 0.15) is 11.9 Å². The first-order chi connectivity index (χ1) is 17.1. The Bertz CT molecular complexity index is 1150. The number of aromatic amines is 1. The van der Waals surface area contributed by atoms with E-state index >= 15 is 0 Å². The molecule has 0 spiro atoms. The summed E-state index contributed by atoms with van der Waals surface area (Å²) in [5.41, 5.74) is 1.99. The number of nitrogens with one attached hydrogen (secondary N) is 2. The molecule has 1 unspecified atom stereocenters. The highest BCUT2D eigenvalue weighted by molar-refractivity contribution is 6.78. The lowest BCUT2D eigenvalue weighted by Gasteiger charge is -2.32. The average molecular weight is 527 g/mol. The first-order valence-corrected chi connectivity index (χ1v) is 16.3. The van der Waals surface area contributed by atoms with Crippen molar-refractivity contribution >= 4 is 32.7 Å². The molecule has 2 amide bonds. The molecule has 3 heterocycles. The molecule has 0 bridgehead atoms. The van der Waals surface area contributed by atoms with Crippen molar-refractivity contribution in [3.05, 3.63) is 36.3 Å². The van der Waals surface area contributed by atoms with Crippen LogP contribution in [0.2, 0.25) is 19.1 Å². The predicted octanol–water partition coefficient (Wildman–Crippen LogP) is 3.80. The molecule has 11 heteroatoms. The smallest absolute Gasteiger partial charge is 0.465 e. The molecule has 1 aromatic heterocycles. The SMILES string of the molecule is CC(C)[C@H](NC(=O)O)C(=O)N1C[Si](C)(C)CC1c1ncc(-c2ccc(B3OC(C)(C)C(C)(C)O3)cc2)[nH]1. The summed E-state index contributed by atoms with van der Waals surface area (Å²) in [5.74, 6) is 0.378. The fourth-order valence-electron chi connectivity index (χ4n) is 5.02. The second kappa shape index (κ2) is 9.60. The van der Waals surface area contributed by atoms with Gasteiger partial charge in [0.05, 0.1) is 37.2 Å². The molecule has 0 aliphatic carbocycles. The maximum absolute atomic E-state index is 13.5. The van der Waals surface area contributed by atoms with Gasteiger partial charge in [0.25, 0.3) is 0 Å². The van der Waals surface area contributed by atoms with E-state index in [9.17, 15) is 14.7 Å². The fourth-order valence-corrected chi connectivity index (χ4v) is 7.91. The van der Waals surface area contributed by atoms with Gasteiger partial charge in [-0.25, -0.2) is 9.78 Å². The third-order valence-corrected chi connectivity index (χ3v) is 10.6. The number of carbonyl (C=O) groups is 2. The monoisotopic (exact) mass is 526 g/mol. The third-order valence-electron chi connectivity index (χ3n) is 7.87. The van der Waals surface area contributed by atoms with Gasteiger partial charge in [-0.2, -0.15) is 0 Å². The number of amides is 2. The Kier molecular flexibility index (Phi) is 7.11. The lowest BCUT2D eigenvalue weighted by molar-refractivity contribution is -0.135. The maximum Gasteiger partial charge on any atom is 0.494 e.